The van der Waals surface area contributed by atoms with Gasteiger partial charge in [0.05, 0.1) is 0 Å². The van der Waals surface area contributed by atoms with Crippen LogP contribution in [0.25, 0.3) is 0 Å². The molecule has 250 valence electrons. The standard InChI is InChI=1S/C43H32ClN3O3S/c44-39-37(45-41(51-39)46-42(31-19-7-1-8-20-31,32-21-9-2-10-22-32)33-23-11-3-12-24-33)38(40(48)49)47-50-43(34-25-13-4-14-26-34,35-27-15-5-16-28-35)36-29-17-6-18-30-36/h1-30H,(H,45,46)(H,48,49)/b47-38+. The molecule has 7 rings (SSSR count). The molecule has 2 N–H and O–H groups in total. The number of carbonyl (C=O) groups is 1. The van der Waals surface area contributed by atoms with Crippen molar-refractivity contribution in [1.82, 2.24) is 4.98 Å². The van der Waals surface area contributed by atoms with Crippen LogP contribution in [0.3, 0.4) is 0 Å². The highest BCUT2D eigenvalue weighted by Crippen LogP contribution is 2.43. The minimum absolute atomic E-state index is 0.0113. The Kier molecular flexibility index (Phi) is 9.74. The molecule has 0 saturated carbocycles. The predicted octanol–water partition coefficient (Wildman–Crippen LogP) is 10.00. The molecule has 6 aromatic carbocycles. The van der Waals surface area contributed by atoms with Crippen LogP contribution in [-0.2, 0) is 20.8 Å². The molecule has 0 aliphatic carbocycles. The molecule has 7 aromatic rings. The van der Waals surface area contributed by atoms with Crippen LogP contribution in [0, 0.1) is 0 Å². The molecule has 1 aromatic heterocycles. The van der Waals surface area contributed by atoms with Gasteiger partial charge in [0, 0.05) is 16.7 Å². The van der Waals surface area contributed by atoms with Gasteiger partial charge in [-0.2, -0.15) is 0 Å². The Balaban J connectivity index is 1.37. The fourth-order valence-electron chi connectivity index (χ4n) is 6.42. The quantitative estimate of drug-likeness (QED) is 0.0751. The minimum Gasteiger partial charge on any atom is -0.476 e. The van der Waals surface area contributed by atoms with Crippen molar-refractivity contribution in [2.45, 2.75) is 11.1 Å². The summed E-state index contributed by atoms with van der Waals surface area (Å²) in [7, 11) is 0. The molecular weight excluding hydrogens is 674 g/mol. The number of rotatable bonds is 12. The van der Waals surface area contributed by atoms with Crippen LogP contribution < -0.4 is 5.32 Å². The largest absolute Gasteiger partial charge is 0.476 e. The highest BCUT2D eigenvalue weighted by Gasteiger charge is 2.41. The summed E-state index contributed by atoms with van der Waals surface area (Å²) in [4.78, 5) is 24.3. The summed E-state index contributed by atoms with van der Waals surface area (Å²) in [5, 5.41) is 19.1. The van der Waals surface area contributed by atoms with E-state index in [4.69, 9.17) is 21.4 Å². The highest BCUT2D eigenvalue weighted by atomic mass is 35.5. The van der Waals surface area contributed by atoms with Crippen molar-refractivity contribution in [3.05, 3.63) is 225 Å². The van der Waals surface area contributed by atoms with E-state index in [2.05, 4.69) is 46.9 Å². The molecule has 51 heavy (non-hydrogen) atoms. The number of aromatic nitrogens is 1. The molecule has 0 amide bonds. The molecule has 0 bridgehead atoms. The Labute approximate surface area is 305 Å². The monoisotopic (exact) mass is 705 g/mol. The molecule has 0 spiro atoms. The molecule has 0 atom stereocenters. The first kappa shape index (κ1) is 33.5. The highest BCUT2D eigenvalue weighted by molar-refractivity contribution is 7.20. The van der Waals surface area contributed by atoms with E-state index in [9.17, 15) is 9.90 Å². The van der Waals surface area contributed by atoms with Gasteiger partial charge in [-0.15, -0.1) is 0 Å². The smallest absolute Gasteiger partial charge is 0.360 e. The van der Waals surface area contributed by atoms with Gasteiger partial charge >= 0.3 is 5.97 Å². The van der Waals surface area contributed by atoms with Gasteiger partial charge in [0.1, 0.15) is 15.6 Å². The average Bonchev–Trinajstić information content (AvgIpc) is 3.56. The zero-order chi connectivity index (χ0) is 35.1. The normalized spacial score (nSPS) is 11.9. The van der Waals surface area contributed by atoms with Gasteiger partial charge in [0.15, 0.2) is 5.13 Å². The minimum atomic E-state index is -1.34. The van der Waals surface area contributed by atoms with E-state index in [-0.39, 0.29) is 10.0 Å². The van der Waals surface area contributed by atoms with Gasteiger partial charge in [0.2, 0.25) is 11.3 Å². The second-order valence-electron chi connectivity index (χ2n) is 11.7. The molecule has 0 radical (unpaired) electrons. The Morgan fingerprint density at radius 1 is 0.588 bits per heavy atom. The third kappa shape index (κ3) is 6.53. The maximum atomic E-state index is 13.0. The van der Waals surface area contributed by atoms with Gasteiger partial charge in [-0.05, 0) is 16.7 Å². The number of thiazole rings is 1. The van der Waals surface area contributed by atoms with Crippen molar-refractivity contribution in [2.75, 3.05) is 5.32 Å². The Morgan fingerprint density at radius 3 is 1.25 bits per heavy atom. The third-order valence-electron chi connectivity index (χ3n) is 8.74. The number of hydrogen-bond acceptors (Lipinski definition) is 6. The summed E-state index contributed by atoms with van der Waals surface area (Å²) < 4.78 is 0.148. The Bertz CT molecular complexity index is 2040. The van der Waals surface area contributed by atoms with Gasteiger partial charge in [0.25, 0.3) is 0 Å². The predicted molar refractivity (Wildman–Crippen MR) is 204 cm³/mol. The summed E-state index contributed by atoms with van der Waals surface area (Å²) in [5.41, 5.74) is 2.55. The van der Waals surface area contributed by atoms with E-state index in [1.807, 2.05) is 146 Å². The van der Waals surface area contributed by atoms with Crippen LogP contribution in [0.15, 0.2) is 187 Å². The number of carboxylic acid groups (broad SMARTS) is 1. The number of nitrogens with zero attached hydrogens (tertiary/aromatic N) is 2. The van der Waals surface area contributed by atoms with Crippen molar-refractivity contribution < 1.29 is 14.7 Å². The lowest BCUT2D eigenvalue weighted by molar-refractivity contribution is -0.129. The molecule has 0 unspecified atom stereocenters. The first-order valence-electron chi connectivity index (χ1n) is 16.3. The third-order valence-corrected chi connectivity index (χ3v) is 9.91. The lowest BCUT2D eigenvalue weighted by Crippen LogP contribution is -2.38. The first-order valence-corrected chi connectivity index (χ1v) is 17.5. The summed E-state index contributed by atoms with van der Waals surface area (Å²) in [6, 6.07) is 59.0. The van der Waals surface area contributed by atoms with Crippen molar-refractivity contribution in [3.63, 3.8) is 0 Å². The molecule has 0 fully saturated rings. The van der Waals surface area contributed by atoms with Crippen molar-refractivity contribution in [3.8, 4) is 0 Å². The molecule has 0 aliphatic heterocycles. The fourth-order valence-corrected chi connectivity index (χ4v) is 7.52. The second-order valence-corrected chi connectivity index (χ2v) is 13.3. The second kappa shape index (κ2) is 14.8. The van der Waals surface area contributed by atoms with E-state index in [0.717, 1.165) is 44.7 Å². The van der Waals surface area contributed by atoms with E-state index in [0.29, 0.717) is 5.13 Å². The van der Waals surface area contributed by atoms with Crippen molar-refractivity contribution in [1.29, 1.82) is 0 Å². The van der Waals surface area contributed by atoms with E-state index in [1.54, 1.807) is 0 Å². The Hall–Kier alpha value is -6.02. The topological polar surface area (TPSA) is 83.8 Å². The molecule has 0 saturated heterocycles. The molecular formula is C43H32ClN3O3S. The van der Waals surface area contributed by atoms with Crippen LogP contribution in [0.5, 0.6) is 0 Å². The van der Waals surface area contributed by atoms with E-state index < -0.39 is 22.8 Å². The maximum absolute atomic E-state index is 13.0. The summed E-state index contributed by atoms with van der Waals surface area (Å²) in [6.07, 6.45) is 0. The number of aliphatic carboxylic acids is 1. The van der Waals surface area contributed by atoms with E-state index >= 15 is 0 Å². The summed E-state index contributed by atoms with van der Waals surface area (Å²) in [5.74, 6) is -1.34. The number of carboxylic acids is 1. The van der Waals surface area contributed by atoms with Gasteiger partial charge in [-0.1, -0.05) is 210 Å². The van der Waals surface area contributed by atoms with Crippen LogP contribution >= 0.6 is 22.9 Å². The number of benzene rings is 6. The number of nitrogens with one attached hydrogen (secondary N) is 1. The van der Waals surface area contributed by atoms with Crippen LogP contribution in [0.1, 0.15) is 39.1 Å². The van der Waals surface area contributed by atoms with Gasteiger partial charge < -0.3 is 15.3 Å². The molecule has 8 heteroatoms. The molecule has 1 heterocycles. The average molecular weight is 706 g/mol. The SMILES string of the molecule is O=C(O)/C(=N/OC(c1ccccc1)(c1ccccc1)c1ccccc1)c1nc(NC(c2ccccc2)(c2ccccc2)c2ccccc2)sc1Cl. The molecule has 0 aliphatic rings. The summed E-state index contributed by atoms with van der Waals surface area (Å²) >= 11 is 8.00. The van der Waals surface area contributed by atoms with Crippen LogP contribution in [0.2, 0.25) is 4.34 Å². The zero-order valence-electron chi connectivity index (χ0n) is 27.3. The van der Waals surface area contributed by atoms with E-state index in [1.165, 1.54) is 0 Å². The van der Waals surface area contributed by atoms with Crippen molar-refractivity contribution >= 4 is 39.8 Å². The van der Waals surface area contributed by atoms with Crippen LogP contribution in [0.4, 0.5) is 5.13 Å². The van der Waals surface area contributed by atoms with Gasteiger partial charge in [-0.25, -0.2) is 9.78 Å². The number of oxime groups is 1. The fraction of sp³-hybridized carbons (Fsp3) is 0.0465. The van der Waals surface area contributed by atoms with Gasteiger partial charge in [-0.3, -0.25) is 0 Å². The Morgan fingerprint density at radius 2 is 0.922 bits per heavy atom. The first-order chi connectivity index (χ1) is 25.0. The summed E-state index contributed by atoms with van der Waals surface area (Å²) in [6.45, 7) is 0. The number of hydrogen-bond donors (Lipinski definition) is 2. The number of anilines is 1. The van der Waals surface area contributed by atoms with Crippen molar-refractivity contribution in [2.24, 2.45) is 5.16 Å². The zero-order valence-corrected chi connectivity index (χ0v) is 28.8. The molecule has 6 nitrogen and oxygen atoms in total. The maximum Gasteiger partial charge on any atom is 0.360 e. The van der Waals surface area contributed by atoms with Crippen LogP contribution in [-0.4, -0.2) is 21.8 Å². The lowest BCUT2D eigenvalue weighted by atomic mass is 9.77. The lowest BCUT2D eigenvalue weighted by Gasteiger charge is -2.36. The number of halogens is 1.